The average Bonchev–Trinajstić information content (AvgIpc) is 2.20. The monoisotopic (exact) mass is 235 g/mol. The normalized spacial score (nSPS) is 11.5. The molecule has 0 aromatic carbocycles. The molecule has 0 fully saturated rings. The van der Waals surface area contributed by atoms with E-state index in [1.54, 1.807) is 17.0 Å². The average molecular weight is 235 g/mol. The van der Waals surface area contributed by atoms with Gasteiger partial charge in [-0.15, -0.1) is 0 Å². The van der Waals surface area contributed by atoms with Crippen LogP contribution in [0.2, 0.25) is 0 Å². The number of nitrogens with one attached hydrogen (secondary N) is 1. The highest BCUT2D eigenvalue weighted by Gasteiger charge is 2.09. The van der Waals surface area contributed by atoms with Crippen molar-refractivity contribution < 1.29 is 0 Å². The summed E-state index contributed by atoms with van der Waals surface area (Å²) in [6.45, 7) is 13.4. The largest absolute Gasteiger partial charge is 0.347 e. The Balaban J connectivity index is 2.62. The van der Waals surface area contributed by atoms with E-state index in [-0.39, 0.29) is 11.2 Å². The van der Waals surface area contributed by atoms with Gasteiger partial charge < -0.3 is 5.32 Å². The molecule has 0 saturated carbocycles. The molecular formula is C13H21N3O. The summed E-state index contributed by atoms with van der Waals surface area (Å²) in [6.07, 6.45) is 3.38. The summed E-state index contributed by atoms with van der Waals surface area (Å²) in [7, 11) is 0. The quantitative estimate of drug-likeness (QED) is 0.804. The summed E-state index contributed by atoms with van der Waals surface area (Å²) < 4.78 is 1.59. The highest BCUT2D eigenvalue weighted by atomic mass is 16.1. The molecule has 0 amide bonds. The molecule has 0 spiro atoms. The van der Waals surface area contributed by atoms with E-state index in [1.165, 1.54) is 0 Å². The van der Waals surface area contributed by atoms with Gasteiger partial charge >= 0.3 is 5.69 Å². The zero-order valence-corrected chi connectivity index (χ0v) is 11.1. The molecule has 1 aromatic heterocycles. The van der Waals surface area contributed by atoms with Gasteiger partial charge in [0.25, 0.3) is 0 Å². The lowest BCUT2D eigenvalue weighted by atomic mass is 10.1. The van der Waals surface area contributed by atoms with Crippen molar-refractivity contribution in [1.29, 1.82) is 0 Å². The lowest BCUT2D eigenvalue weighted by molar-refractivity contribution is 0.439. The van der Waals surface area contributed by atoms with Crippen LogP contribution in [0.15, 0.2) is 29.3 Å². The third-order valence-electron chi connectivity index (χ3n) is 2.25. The second kappa shape index (κ2) is 5.27. The molecule has 0 bridgehead atoms. The van der Waals surface area contributed by atoms with Gasteiger partial charge in [0.1, 0.15) is 0 Å². The number of hydrogen-bond acceptors (Lipinski definition) is 3. The van der Waals surface area contributed by atoms with Crippen molar-refractivity contribution in [3.63, 3.8) is 0 Å². The molecule has 4 nitrogen and oxygen atoms in total. The Morgan fingerprint density at radius 1 is 1.53 bits per heavy atom. The first kappa shape index (κ1) is 13.6. The van der Waals surface area contributed by atoms with Crippen LogP contribution in [-0.4, -0.2) is 21.6 Å². The minimum Gasteiger partial charge on any atom is -0.308 e. The van der Waals surface area contributed by atoms with Gasteiger partial charge in [-0.25, -0.2) is 9.78 Å². The number of nitrogens with zero attached hydrogens (tertiary/aromatic N) is 2. The molecular weight excluding hydrogens is 214 g/mol. The number of aryl methyl sites for hydroxylation is 1. The number of rotatable bonds is 4. The van der Waals surface area contributed by atoms with Crippen LogP contribution >= 0.6 is 0 Å². The first-order chi connectivity index (χ1) is 7.78. The van der Waals surface area contributed by atoms with Gasteiger partial charge in [-0.2, -0.15) is 0 Å². The molecule has 0 saturated heterocycles. The second-order valence-electron chi connectivity index (χ2n) is 5.40. The summed E-state index contributed by atoms with van der Waals surface area (Å²) in [6, 6.07) is 0. The van der Waals surface area contributed by atoms with Crippen molar-refractivity contribution >= 4 is 0 Å². The maximum Gasteiger partial charge on any atom is 0.347 e. The lowest BCUT2D eigenvalue weighted by Crippen LogP contribution is -2.37. The topological polar surface area (TPSA) is 46.9 Å². The van der Waals surface area contributed by atoms with E-state index in [4.69, 9.17) is 0 Å². The summed E-state index contributed by atoms with van der Waals surface area (Å²) >= 11 is 0. The van der Waals surface area contributed by atoms with E-state index in [1.807, 2.05) is 6.92 Å². The standard InChI is InChI=1S/C13H21N3O/c1-10-6-14-12(17)16(8-10)9-11(2)7-15-13(3,4)5/h6,8,15H,2,7,9H2,1,3-5H3. The fraction of sp³-hybridized carbons (Fsp3) is 0.538. The Hall–Kier alpha value is -1.42. The van der Waals surface area contributed by atoms with Crippen LogP contribution in [0.25, 0.3) is 0 Å². The lowest BCUT2D eigenvalue weighted by Gasteiger charge is -2.21. The molecule has 1 rings (SSSR count). The van der Waals surface area contributed by atoms with Crippen molar-refractivity contribution in [1.82, 2.24) is 14.9 Å². The van der Waals surface area contributed by atoms with E-state index < -0.39 is 0 Å². The van der Waals surface area contributed by atoms with Gasteiger partial charge in [0.15, 0.2) is 0 Å². The van der Waals surface area contributed by atoms with Gasteiger partial charge in [0, 0.05) is 31.0 Å². The third kappa shape index (κ3) is 4.95. The van der Waals surface area contributed by atoms with Gasteiger partial charge in [-0.3, -0.25) is 4.57 Å². The first-order valence-electron chi connectivity index (χ1n) is 5.73. The molecule has 1 heterocycles. The minimum absolute atomic E-state index is 0.0543. The maximum absolute atomic E-state index is 11.5. The molecule has 1 N–H and O–H groups in total. The zero-order valence-electron chi connectivity index (χ0n) is 11.1. The summed E-state index contributed by atoms with van der Waals surface area (Å²) in [4.78, 5) is 15.3. The molecule has 0 aliphatic heterocycles. The van der Waals surface area contributed by atoms with Crippen LogP contribution in [0.3, 0.4) is 0 Å². The Labute approximate surface area is 102 Å². The van der Waals surface area contributed by atoms with Crippen LogP contribution in [0, 0.1) is 6.92 Å². The van der Waals surface area contributed by atoms with Crippen molar-refractivity contribution in [2.24, 2.45) is 0 Å². The fourth-order valence-electron chi connectivity index (χ4n) is 1.37. The van der Waals surface area contributed by atoms with Crippen LogP contribution in [0.5, 0.6) is 0 Å². The van der Waals surface area contributed by atoms with E-state index in [9.17, 15) is 4.79 Å². The summed E-state index contributed by atoms with van der Waals surface area (Å²) in [5.41, 5.74) is 1.77. The van der Waals surface area contributed by atoms with Crippen LogP contribution < -0.4 is 11.0 Å². The van der Waals surface area contributed by atoms with Gasteiger partial charge in [0.05, 0.1) is 0 Å². The molecule has 1 aromatic rings. The third-order valence-corrected chi connectivity index (χ3v) is 2.25. The van der Waals surface area contributed by atoms with Gasteiger partial charge in [-0.05, 0) is 38.8 Å². The zero-order chi connectivity index (χ0) is 13.1. The van der Waals surface area contributed by atoms with Crippen LogP contribution in [-0.2, 0) is 6.54 Å². The highest BCUT2D eigenvalue weighted by Crippen LogP contribution is 2.01. The smallest absolute Gasteiger partial charge is 0.308 e. The van der Waals surface area contributed by atoms with Gasteiger partial charge in [-0.1, -0.05) is 6.58 Å². The predicted molar refractivity (Wildman–Crippen MR) is 70.1 cm³/mol. The fourth-order valence-corrected chi connectivity index (χ4v) is 1.37. The Morgan fingerprint density at radius 2 is 2.18 bits per heavy atom. The first-order valence-corrected chi connectivity index (χ1v) is 5.73. The van der Waals surface area contributed by atoms with Crippen molar-refractivity contribution in [2.75, 3.05) is 6.54 Å². The van der Waals surface area contributed by atoms with E-state index in [0.717, 1.165) is 11.1 Å². The minimum atomic E-state index is -0.229. The maximum atomic E-state index is 11.5. The summed E-state index contributed by atoms with van der Waals surface area (Å²) in [5, 5.41) is 3.34. The number of hydrogen-bond donors (Lipinski definition) is 1. The van der Waals surface area contributed by atoms with Crippen LogP contribution in [0.1, 0.15) is 26.3 Å². The number of aromatic nitrogens is 2. The molecule has 0 atom stereocenters. The van der Waals surface area contributed by atoms with Crippen molar-refractivity contribution in [3.8, 4) is 0 Å². The molecule has 0 unspecified atom stereocenters. The van der Waals surface area contributed by atoms with Crippen molar-refractivity contribution in [3.05, 3.63) is 40.6 Å². The van der Waals surface area contributed by atoms with Crippen molar-refractivity contribution in [2.45, 2.75) is 39.8 Å². The SMILES string of the molecule is C=C(CNC(C)(C)C)Cn1cc(C)cnc1=O. The Bertz CT molecular complexity index is 454. The molecule has 0 aliphatic rings. The van der Waals surface area contributed by atoms with Gasteiger partial charge in [0.2, 0.25) is 0 Å². The molecule has 17 heavy (non-hydrogen) atoms. The Morgan fingerprint density at radius 3 is 2.76 bits per heavy atom. The van der Waals surface area contributed by atoms with Crippen LogP contribution in [0.4, 0.5) is 0 Å². The second-order valence-corrected chi connectivity index (χ2v) is 5.40. The molecule has 0 radical (unpaired) electrons. The Kier molecular flexibility index (Phi) is 4.23. The predicted octanol–water partition coefficient (Wildman–Crippen LogP) is 1.50. The summed E-state index contributed by atoms with van der Waals surface area (Å²) in [5.74, 6) is 0. The van der Waals surface area contributed by atoms with E-state index in [0.29, 0.717) is 13.1 Å². The molecule has 94 valence electrons. The van der Waals surface area contributed by atoms with E-state index in [2.05, 4.69) is 37.7 Å². The molecule has 4 heteroatoms. The highest BCUT2D eigenvalue weighted by molar-refractivity contribution is 5.04. The van der Waals surface area contributed by atoms with E-state index >= 15 is 0 Å². The molecule has 0 aliphatic carbocycles.